The minimum absolute atomic E-state index is 0.362. The molecule has 1 aliphatic carbocycles. The standard InChI is InChI=1S/C54H40N4O2/c1-5-30-55-52-34(2)38-23-14-27-47(50(38)59-52)58(36-19-10-7-11-20-36)48-33-45-49(40-22-13-12-21-39(40)48)43-29-28-37(32-44(43)54(45,3)4)57(35-17-8-6-9-18-35)46-26-15-24-41-42-25-16-31-56-53(42)60-51(41)46/h5-33H,1H2,2-4H3/b55-30-. The largest absolute Gasteiger partial charge is 0.436 e. The third-order valence-electron chi connectivity index (χ3n) is 12.1. The van der Waals surface area contributed by atoms with Gasteiger partial charge in [0.1, 0.15) is 0 Å². The fraction of sp³-hybridized carbons (Fsp3) is 0.0741. The summed E-state index contributed by atoms with van der Waals surface area (Å²) in [6, 6.07) is 56.0. The molecule has 10 aromatic rings. The lowest BCUT2D eigenvalue weighted by Gasteiger charge is -2.30. The summed E-state index contributed by atoms with van der Waals surface area (Å²) >= 11 is 0. The average molecular weight is 777 g/mol. The van der Waals surface area contributed by atoms with Crippen LogP contribution in [0.5, 0.6) is 0 Å². The highest BCUT2D eigenvalue weighted by Gasteiger charge is 2.39. The van der Waals surface area contributed by atoms with E-state index in [1.54, 1.807) is 18.5 Å². The first-order chi connectivity index (χ1) is 29.4. The number of hydrogen-bond donors (Lipinski definition) is 0. The Morgan fingerprint density at radius 2 is 1.20 bits per heavy atom. The zero-order valence-corrected chi connectivity index (χ0v) is 33.6. The van der Waals surface area contributed by atoms with Crippen molar-refractivity contribution in [2.24, 2.45) is 4.99 Å². The molecule has 0 bridgehead atoms. The molecule has 0 atom stereocenters. The minimum Gasteiger partial charge on any atom is -0.436 e. The Kier molecular flexibility index (Phi) is 8.10. The third kappa shape index (κ3) is 5.34. The van der Waals surface area contributed by atoms with E-state index < -0.39 is 0 Å². The first-order valence-corrected chi connectivity index (χ1v) is 20.3. The summed E-state index contributed by atoms with van der Waals surface area (Å²) in [6.45, 7) is 10.6. The van der Waals surface area contributed by atoms with Gasteiger partial charge in [0, 0.05) is 62.0 Å². The van der Waals surface area contributed by atoms with Crippen LogP contribution in [0.15, 0.2) is 190 Å². The van der Waals surface area contributed by atoms with E-state index in [4.69, 9.17) is 8.83 Å². The van der Waals surface area contributed by atoms with Gasteiger partial charge in [-0.3, -0.25) is 0 Å². The number of pyridine rings is 1. The van der Waals surface area contributed by atoms with Crippen LogP contribution in [-0.4, -0.2) is 11.2 Å². The second kappa shape index (κ2) is 13.7. The van der Waals surface area contributed by atoms with Gasteiger partial charge in [-0.1, -0.05) is 117 Å². The number of furan rings is 2. The monoisotopic (exact) mass is 776 g/mol. The molecule has 0 radical (unpaired) electrons. The molecule has 0 amide bonds. The topological polar surface area (TPSA) is 58.0 Å². The molecule has 6 nitrogen and oxygen atoms in total. The molecule has 60 heavy (non-hydrogen) atoms. The number of rotatable bonds is 8. The van der Waals surface area contributed by atoms with Crippen LogP contribution in [0.1, 0.15) is 30.5 Å². The van der Waals surface area contributed by atoms with Crippen molar-refractivity contribution in [3.63, 3.8) is 0 Å². The number of allylic oxidation sites excluding steroid dienone is 1. The fourth-order valence-corrected chi connectivity index (χ4v) is 9.29. The lowest BCUT2D eigenvalue weighted by Crippen LogP contribution is -2.18. The summed E-state index contributed by atoms with van der Waals surface area (Å²) in [5.74, 6) is 0.578. The predicted octanol–water partition coefficient (Wildman–Crippen LogP) is 15.3. The molecular formula is C54H40N4O2. The van der Waals surface area contributed by atoms with Gasteiger partial charge in [0.25, 0.3) is 0 Å². The van der Waals surface area contributed by atoms with Crippen LogP contribution in [0.2, 0.25) is 0 Å². The summed E-state index contributed by atoms with van der Waals surface area (Å²) < 4.78 is 13.1. The van der Waals surface area contributed by atoms with E-state index >= 15 is 0 Å². The van der Waals surface area contributed by atoms with Crippen LogP contribution in [0.3, 0.4) is 0 Å². The predicted molar refractivity (Wildman–Crippen MR) is 249 cm³/mol. The highest BCUT2D eigenvalue weighted by Crippen LogP contribution is 2.56. The average Bonchev–Trinajstić information content (AvgIpc) is 3.91. The van der Waals surface area contributed by atoms with Gasteiger partial charge in [-0.25, -0.2) is 9.98 Å². The number of aromatic nitrogens is 1. The molecule has 0 spiro atoms. The normalized spacial score (nSPS) is 13.1. The van der Waals surface area contributed by atoms with Crippen molar-refractivity contribution in [3.8, 4) is 11.1 Å². The quantitative estimate of drug-likeness (QED) is 0.144. The Bertz CT molecular complexity index is 3340. The van der Waals surface area contributed by atoms with Crippen LogP contribution in [0.25, 0.3) is 54.9 Å². The highest BCUT2D eigenvalue weighted by atomic mass is 16.4. The maximum Gasteiger partial charge on any atom is 0.227 e. The zero-order valence-electron chi connectivity index (χ0n) is 33.6. The van der Waals surface area contributed by atoms with Gasteiger partial charge in [-0.2, -0.15) is 0 Å². The van der Waals surface area contributed by atoms with Gasteiger partial charge in [0.2, 0.25) is 11.6 Å². The molecule has 0 saturated heterocycles. The number of anilines is 6. The Labute approximate surface area is 348 Å². The molecule has 3 aromatic heterocycles. The van der Waals surface area contributed by atoms with Crippen LogP contribution in [-0.2, 0) is 5.41 Å². The van der Waals surface area contributed by atoms with Crippen molar-refractivity contribution < 1.29 is 8.83 Å². The van der Waals surface area contributed by atoms with Gasteiger partial charge in [-0.15, -0.1) is 0 Å². The second-order valence-corrected chi connectivity index (χ2v) is 15.9. The lowest BCUT2D eigenvalue weighted by atomic mass is 9.81. The van der Waals surface area contributed by atoms with Crippen molar-refractivity contribution >= 4 is 90.0 Å². The Balaban J connectivity index is 1.12. The molecule has 288 valence electrons. The third-order valence-corrected chi connectivity index (χ3v) is 12.1. The Morgan fingerprint density at radius 3 is 1.95 bits per heavy atom. The molecule has 0 N–H and O–H groups in total. The van der Waals surface area contributed by atoms with E-state index in [-0.39, 0.29) is 5.41 Å². The fourth-order valence-electron chi connectivity index (χ4n) is 9.29. The number of hydrogen-bond acceptors (Lipinski definition) is 6. The number of aliphatic imine (C=N–C) groups is 1. The molecular weight excluding hydrogens is 737 g/mol. The summed E-state index contributed by atoms with van der Waals surface area (Å²) in [5, 5.41) is 5.40. The van der Waals surface area contributed by atoms with Crippen LogP contribution < -0.4 is 9.80 Å². The first-order valence-electron chi connectivity index (χ1n) is 20.3. The number of fused-ring (bicyclic) bond motifs is 9. The van der Waals surface area contributed by atoms with Crippen molar-refractivity contribution in [2.75, 3.05) is 9.80 Å². The van der Waals surface area contributed by atoms with E-state index in [9.17, 15) is 0 Å². The minimum atomic E-state index is -0.362. The molecule has 3 heterocycles. The van der Waals surface area contributed by atoms with Gasteiger partial charge in [0.05, 0.1) is 17.1 Å². The summed E-state index contributed by atoms with van der Waals surface area (Å²) in [7, 11) is 0. The van der Waals surface area contributed by atoms with Crippen molar-refractivity contribution in [1.82, 2.24) is 4.98 Å². The SMILES string of the molecule is C=C/C=N\c1oc2c(N(c3ccccc3)c3cc4c(c5ccccc35)-c3ccc(N(c5ccccc5)c5cccc6c5oc5ncccc56)cc3C4(C)C)cccc2c1C. The van der Waals surface area contributed by atoms with Crippen LogP contribution in [0, 0.1) is 6.92 Å². The summed E-state index contributed by atoms with van der Waals surface area (Å²) in [5.41, 5.74) is 14.0. The molecule has 1 aliphatic rings. The maximum absolute atomic E-state index is 6.60. The second-order valence-electron chi connectivity index (χ2n) is 15.9. The number of benzene rings is 7. The molecule has 0 saturated carbocycles. The smallest absolute Gasteiger partial charge is 0.227 e. The molecule has 7 aromatic carbocycles. The maximum atomic E-state index is 6.60. The van der Waals surface area contributed by atoms with E-state index in [0.29, 0.717) is 11.6 Å². The summed E-state index contributed by atoms with van der Waals surface area (Å²) in [6.07, 6.45) is 5.12. The van der Waals surface area contributed by atoms with Crippen LogP contribution >= 0.6 is 0 Å². The lowest BCUT2D eigenvalue weighted by molar-refractivity contribution is 0.624. The number of para-hydroxylation sites is 4. The molecule has 0 unspecified atom stereocenters. The van der Waals surface area contributed by atoms with Gasteiger partial charge in [0.15, 0.2) is 11.2 Å². The van der Waals surface area contributed by atoms with E-state index in [2.05, 4.69) is 199 Å². The molecule has 6 heteroatoms. The Hall–Kier alpha value is -7.70. The van der Waals surface area contributed by atoms with E-state index in [1.165, 1.54) is 27.6 Å². The number of nitrogens with zero attached hydrogens (tertiary/aromatic N) is 4. The van der Waals surface area contributed by atoms with Crippen molar-refractivity contribution in [2.45, 2.75) is 26.2 Å². The van der Waals surface area contributed by atoms with Gasteiger partial charge < -0.3 is 18.6 Å². The first kappa shape index (κ1) is 35.5. The van der Waals surface area contributed by atoms with E-state index in [0.717, 1.165) is 72.4 Å². The molecule has 0 fully saturated rings. The van der Waals surface area contributed by atoms with Gasteiger partial charge in [-0.05, 0) is 101 Å². The van der Waals surface area contributed by atoms with Gasteiger partial charge >= 0.3 is 0 Å². The van der Waals surface area contributed by atoms with Crippen molar-refractivity contribution in [3.05, 3.63) is 193 Å². The molecule has 0 aliphatic heterocycles. The number of aryl methyl sites for hydroxylation is 1. The van der Waals surface area contributed by atoms with E-state index in [1.807, 2.05) is 6.07 Å². The van der Waals surface area contributed by atoms with Crippen molar-refractivity contribution in [1.29, 1.82) is 0 Å². The molecule has 11 rings (SSSR count). The van der Waals surface area contributed by atoms with Crippen LogP contribution in [0.4, 0.5) is 40.0 Å². The Morgan fingerprint density at radius 1 is 0.567 bits per heavy atom. The summed E-state index contributed by atoms with van der Waals surface area (Å²) in [4.78, 5) is 13.8. The zero-order chi connectivity index (χ0) is 40.5. The highest BCUT2D eigenvalue weighted by molar-refractivity contribution is 6.12.